The Kier molecular flexibility index (Phi) is 7.25. The highest BCUT2D eigenvalue weighted by molar-refractivity contribution is 6.20. The molecule has 8 nitrogen and oxygen atoms in total. The number of aliphatic imine (C=N–C) groups is 1. The Hall–Kier alpha value is -4.07. The topological polar surface area (TPSA) is 82.3 Å². The number of allylic oxidation sites excluding steroid dienone is 1. The number of likely N-dealkylation sites (tertiary alicyclic amines) is 1. The first-order valence-electron chi connectivity index (χ1n) is 12.7. The molecule has 4 amide bonds. The second-order valence-electron chi connectivity index (χ2n) is 9.64. The van der Waals surface area contributed by atoms with Crippen molar-refractivity contribution in [3.05, 3.63) is 77.9 Å². The molecule has 2 aromatic carbocycles. The molecule has 0 saturated carbocycles. The summed E-state index contributed by atoms with van der Waals surface area (Å²) in [7, 11) is 1.58. The van der Waals surface area contributed by atoms with Crippen molar-refractivity contribution in [1.82, 2.24) is 9.80 Å². The van der Waals surface area contributed by atoms with Crippen molar-refractivity contribution in [2.75, 3.05) is 26.7 Å². The van der Waals surface area contributed by atoms with Gasteiger partial charge >= 0.3 is 11.9 Å². The molecule has 37 heavy (non-hydrogen) atoms. The number of nitrogens with zero attached hydrogens (tertiary/aromatic N) is 4. The number of carbonyl (C=O) groups is 3. The first kappa shape index (κ1) is 24.6. The molecule has 0 bridgehead atoms. The highest BCUT2D eigenvalue weighted by atomic mass is 16.5. The molecule has 190 valence electrons. The second kappa shape index (κ2) is 10.9. The van der Waals surface area contributed by atoms with Gasteiger partial charge in [0, 0.05) is 19.3 Å². The van der Waals surface area contributed by atoms with Crippen molar-refractivity contribution in [3.8, 4) is 5.75 Å². The number of hydrogen-bond acceptors (Lipinski definition) is 5. The monoisotopic (exact) mass is 499 g/mol. The normalized spacial score (nSPS) is 19.9. The minimum atomic E-state index is -0.828. The minimum Gasteiger partial charge on any atom is -0.497 e. The predicted molar refractivity (Wildman–Crippen MR) is 140 cm³/mol. The van der Waals surface area contributed by atoms with E-state index in [4.69, 9.17) is 4.74 Å². The largest absolute Gasteiger partial charge is 0.501 e. The van der Waals surface area contributed by atoms with E-state index in [-0.39, 0.29) is 24.9 Å². The van der Waals surface area contributed by atoms with Crippen LogP contribution in [0.4, 0.5) is 4.79 Å². The van der Waals surface area contributed by atoms with Crippen LogP contribution in [0.1, 0.15) is 24.0 Å². The summed E-state index contributed by atoms with van der Waals surface area (Å²) < 4.78 is 6.62. The molecule has 1 unspecified atom stereocenters. The average Bonchev–Trinajstić information content (AvgIpc) is 2.94. The Bertz CT molecular complexity index is 1260. The Morgan fingerprint density at radius 1 is 1.03 bits per heavy atom. The van der Waals surface area contributed by atoms with Crippen LogP contribution in [0.3, 0.4) is 0 Å². The van der Waals surface area contributed by atoms with Crippen LogP contribution in [0.5, 0.6) is 5.75 Å². The third-order valence-corrected chi connectivity index (χ3v) is 7.27. The van der Waals surface area contributed by atoms with E-state index in [1.165, 1.54) is 15.0 Å². The first-order valence-corrected chi connectivity index (χ1v) is 12.7. The van der Waals surface area contributed by atoms with E-state index in [0.29, 0.717) is 30.5 Å². The first-order chi connectivity index (χ1) is 18.0. The lowest BCUT2D eigenvalue weighted by atomic mass is 9.90. The molecule has 0 radical (unpaired) electrons. The lowest BCUT2D eigenvalue weighted by Crippen LogP contribution is -2.58. The fraction of sp³-hybridized carbons (Fsp3) is 0.345. The quantitative estimate of drug-likeness (QED) is 0.549. The molecule has 0 N–H and O–H groups in total. The van der Waals surface area contributed by atoms with Crippen LogP contribution >= 0.6 is 0 Å². The van der Waals surface area contributed by atoms with Gasteiger partial charge in [0.05, 0.1) is 7.11 Å². The number of methoxy groups -OCH3 is 1. The standard InChI is InChI=1S/C29H31N4O4/c1-37-24-11-9-23(10-12-24)19-33-28(35)27-25(8-5-15-30-27)32(29(33)36)20-26(34)31-16-13-22(14-17-31)18-21-6-3-2-4-7-21/h2-12,15,22,27H,13-14,16-20H2,1H3/q+1. The number of dihydropyridines is 1. The van der Waals surface area contributed by atoms with Crippen molar-refractivity contribution in [3.63, 3.8) is 0 Å². The summed E-state index contributed by atoms with van der Waals surface area (Å²) in [6.45, 7) is 1.32. The molecule has 3 heterocycles. The van der Waals surface area contributed by atoms with E-state index in [0.717, 1.165) is 24.8 Å². The fourth-order valence-electron chi connectivity index (χ4n) is 5.16. The SMILES string of the molecule is COc1ccc(CN2C(=O)C3N=CC=CC3=[N+](CC(=O)N3CCC(Cc4ccccc4)CC3)C2=O)cc1. The van der Waals surface area contributed by atoms with Gasteiger partial charge in [-0.3, -0.25) is 9.79 Å². The Labute approximate surface area is 216 Å². The average molecular weight is 500 g/mol. The van der Waals surface area contributed by atoms with Gasteiger partial charge in [0.1, 0.15) is 18.0 Å². The zero-order valence-electron chi connectivity index (χ0n) is 21.0. The summed E-state index contributed by atoms with van der Waals surface area (Å²) in [5.41, 5.74) is 2.56. The molecular weight excluding hydrogens is 468 g/mol. The summed E-state index contributed by atoms with van der Waals surface area (Å²) >= 11 is 0. The number of fused-ring (bicyclic) bond motifs is 1. The Balaban J connectivity index is 1.28. The number of ether oxygens (including phenoxy) is 1. The van der Waals surface area contributed by atoms with E-state index in [1.807, 2.05) is 23.1 Å². The molecule has 1 saturated heterocycles. The van der Waals surface area contributed by atoms with Gasteiger partial charge in [0.25, 0.3) is 5.91 Å². The second-order valence-corrected chi connectivity index (χ2v) is 9.64. The Morgan fingerprint density at radius 2 is 1.76 bits per heavy atom. The van der Waals surface area contributed by atoms with Gasteiger partial charge in [0.2, 0.25) is 6.04 Å². The molecule has 1 atom stereocenters. The van der Waals surface area contributed by atoms with Crippen LogP contribution in [-0.4, -0.2) is 76.9 Å². The van der Waals surface area contributed by atoms with Crippen LogP contribution < -0.4 is 4.74 Å². The minimum absolute atomic E-state index is 0.0975. The lowest BCUT2D eigenvalue weighted by Gasteiger charge is -2.32. The molecule has 5 rings (SSSR count). The van der Waals surface area contributed by atoms with Crippen LogP contribution in [0.25, 0.3) is 0 Å². The van der Waals surface area contributed by atoms with Crippen LogP contribution in [0.15, 0.2) is 71.7 Å². The third kappa shape index (κ3) is 5.38. The van der Waals surface area contributed by atoms with Crippen molar-refractivity contribution < 1.29 is 23.7 Å². The molecule has 0 aliphatic carbocycles. The van der Waals surface area contributed by atoms with E-state index >= 15 is 0 Å². The maximum atomic E-state index is 13.5. The van der Waals surface area contributed by atoms with Crippen molar-refractivity contribution in [2.45, 2.75) is 31.8 Å². The van der Waals surface area contributed by atoms with Crippen LogP contribution in [0, 0.1) is 5.92 Å². The van der Waals surface area contributed by atoms with Gasteiger partial charge in [-0.15, -0.1) is 0 Å². The van der Waals surface area contributed by atoms with Crippen LogP contribution in [0.2, 0.25) is 0 Å². The van der Waals surface area contributed by atoms with Gasteiger partial charge in [-0.25, -0.2) is 4.79 Å². The highest BCUT2D eigenvalue weighted by Gasteiger charge is 2.48. The third-order valence-electron chi connectivity index (χ3n) is 7.27. The number of imide groups is 1. The number of amides is 4. The van der Waals surface area contributed by atoms with E-state index in [2.05, 4.69) is 29.3 Å². The molecule has 1 fully saturated rings. The molecule has 0 spiro atoms. The number of piperidine rings is 1. The van der Waals surface area contributed by atoms with Crippen molar-refractivity contribution in [2.24, 2.45) is 10.9 Å². The highest BCUT2D eigenvalue weighted by Crippen LogP contribution is 2.23. The maximum absolute atomic E-state index is 13.5. The number of hydrogen-bond donors (Lipinski definition) is 0. The Morgan fingerprint density at radius 3 is 2.46 bits per heavy atom. The molecular formula is C29H31N4O4+. The lowest BCUT2D eigenvalue weighted by molar-refractivity contribution is -0.429. The number of carbonyl (C=O) groups excluding carboxylic acids is 3. The molecule has 3 aliphatic heterocycles. The molecule has 0 aromatic heterocycles. The summed E-state index contributed by atoms with van der Waals surface area (Å²) in [4.78, 5) is 47.4. The molecule has 8 heteroatoms. The molecule has 2 aromatic rings. The molecule has 3 aliphatic rings. The smallest absolute Gasteiger partial charge is 0.497 e. The fourth-order valence-corrected chi connectivity index (χ4v) is 5.16. The predicted octanol–water partition coefficient (Wildman–Crippen LogP) is 3.10. The zero-order chi connectivity index (χ0) is 25.8. The summed E-state index contributed by atoms with van der Waals surface area (Å²) in [5, 5.41) is 0. The van der Waals surface area contributed by atoms with E-state index < -0.39 is 12.1 Å². The van der Waals surface area contributed by atoms with Crippen LogP contribution in [-0.2, 0) is 22.6 Å². The van der Waals surface area contributed by atoms with Gasteiger partial charge in [-0.05, 0) is 60.6 Å². The van der Waals surface area contributed by atoms with Crippen molar-refractivity contribution >= 4 is 29.8 Å². The van der Waals surface area contributed by atoms with E-state index in [9.17, 15) is 14.4 Å². The number of benzene rings is 2. The maximum Gasteiger partial charge on any atom is 0.501 e. The summed E-state index contributed by atoms with van der Waals surface area (Å²) in [6.07, 6.45) is 7.83. The summed E-state index contributed by atoms with van der Waals surface area (Å²) in [5.74, 6) is 0.730. The van der Waals surface area contributed by atoms with Gasteiger partial charge < -0.3 is 9.64 Å². The number of urea groups is 1. The van der Waals surface area contributed by atoms with Gasteiger partial charge in [-0.2, -0.15) is 14.3 Å². The summed E-state index contributed by atoms with van der Waals surface area (Å²) in [6, 6.07) is 16.3. The number of rotatable bonds is 7. The van der Waals surface area contributed by atoms with Gasteiger partial charge in [0.15, 0.2) is 6.54 Å². The van der Waals surface area contributed by atoms with Gasteiger partial charge in [-0.1, -0.05) is 42.5 Å². The zero-order valence-corrected chi connectivity index (χ0v) is 21.0. The van der Waals surface area contributed by atoms with E-state index in [1.54, 1.807) is 37.6 Å². The van der Waals surface area contributed by atoms with Crippen molar-refractivity contribution in [1.29, 1.82) is 0 Å².